The maximum Gasteiger partial charge on any atom is 0.328 e. The molecule has 0 aromatic heterocycles. The van der Waals surface area contributed by atoms with Crippen molar-refractivity contribution in [1.82, 2.24) is 5.32 Å². The van der Waals surface area contributed by atoms with Crippen LogP contribution in [0.3, 0.4) is 0 Å². The summed E-state index contributed by atoms with van der Waals surface area (Å²) in [6, 6.07) is -0.928. The number of unbranched alkanes of at least 4 members (excludes halogenated alkanes) is 1. The molecular formula is C10H19NO3. The number of carboxylic acid groups (broad SMARTS) is 1. The largest absolute Gasteiger partial charge is 0.480 e. The van der Waals surface area contributed by atoms with Crippen molar-refractivity contribution in [3.8, 4) is 0 Å². The number of aliphatic carboxylic acids is 1. The molecule has 0 fully saturated rings. The lowest BCUT2D eigenvalue weighted by Crippen LogP contribution is -2.43. The summed E-state index contributed by atoms with van der Waals surface area (Å²) in [5, 5.41) is 20.7. The summed E-state index contributed by atoms with van der Waals surface area (Å²) in [5.74, 6) is -1.04. The number of hydrogen-bond donors (Lipinski definition) is 3. The zero-order valence-corrected chi connectivity index (χ0v) is 8.95. The van der Waals surface area contributed by atoms with Crippen LogP contribution in [0.4, 0.5) is 0 Å². The van der Waals surface area contributed by atoms with Crippen molar-refractivity contribution in [2.24, 2.45) is 0 Å². The van der Waals surface area contributed by atoms with Crippen LogP contribution in [0.2, 0.25) is 0 Å². The van der Waals surface area contributed by atoms with Gasteiger partial charge in [0.15, 0.2) is 6.04 Å². The zero-order chi connectivity index (χ0) is 11.1. The van der Waals surface area contributed by atoms with E-state index in [2.05, 4.69) is 5.32 Å². The Morgan fingerprint density at radius 3 is 2.50 bits per heavy atom. The Kier molecular flexibility index (Phi) is 5.95. The molecule has 0 saturated carbocycles. The van der Waals surface area contributed by atoms with Gasteiger partial charge >= 0.3 is 5.97 Å². The van der Waals surface area contributed by atoms with Crippen molar-refractivity contribution < 1.29 is 15.0 Å². The monoisotopic (exact) mass is 201 g/mol. The van der Waals surface area contributed by atoms with Crippen molar-refractivity contribution in [1.29, 1.82) is 0 Å². The van der Waals surface area contributed by atoms with Crippen LogP contribution in [0.5, 0.6) is 0 Å². The van der Waals surface area contributed by atoms with Crippen LogP contribution in [0, 0.1) is 0 Å². The Hall–Kier alpha value is -1.03. The minimum Gasteiger partial charge on any atom is -0.480 e. The standard InChI is InChI=1S/C10H19NO3/c1-4-5-6-7(2)11-9(8(3)12)10(13)14/h6,8-9,11-12H,4-5H2,1-3H3,(H,13,14)/b7-6+. The summed E-state index contributed by atoms with van der Waals surface area (Å²) >= 11 is 0. The number of aliphatic hydroxyl groups excluding tert-OH is 1. The van der Waals surface area contributed by atoms with Crippen LogP contribution in [-0.4, -0.2) is 28.3 Å². The van der Waals surface area contributed by atoms with Gasteiger partial charge in [-0.2, -0.15) is 0 Å². The van der Waals surface area contributed by atoms with Gasteiger partial charge in [0.05, 0.1) is 6.10 Å². The molecule has 3 N–H and O–H groups in total. The Morgan fingerprint density at radius 2 is 2.14 bits per heavy atom. The van der Waals surface area contributed by atoms with Gasteiger partial charge in [0, 0.05) is 5.70 Å². The Bertz CT molecular complexity index is 211. The highest BCUT2D eigenvalue weighted by molar-refractivity contribution is 5.74. The second-order valence-corrected chi connectivity index (χ2v) is 3.38. The number of allylic oxidation sites excluding steroid dienone is 2. The molecule has 4 heteroatoms. The van der Waals surface area contributed by atoms with E-state index >= 15 is 0 Å². The summed E-state index contributed by atoms with van der Waals surface area (Å²) in [7, 11) is 0. The smallest absolute Gasteiger partial charge is 0.328 e. The summed E-state index contributed by atoms with van der Waals surface area (Å²) < 4.78 is 0. The molecule has 0 rings (SSSR count). The summed E-state index contributed by atoms with van der Waals surface area (Å²) in [6.45, 7) is 5.31. The number of carbonyl (C=O) groups is 1. The summed E-state index contributed by atoms with van der Waals surface area (Å²) in [6.07, 6.45) is 2.95. The highest BCUT2D eigenvalue weighted by atomic mass is 16.4. The van der Waals surface area contributed by atoms with E-state index < -0.39 is 18.1 Å². The van der Waals surface area contributed by atoms with Crippen molar-refractivity contribution in [3.63, 3.8) is 0 Å². The molecule has 0 saturated heterocycles. The van der Waals surface area contributed by atoms with Gasteiger partial charge < -0.3 is 15.5 Å². The Labute approximate surface area is 84.6 Å². The van der Waals surface area contributed by atoms with Crippen molar-refractivity contribution >= 4 is 5.97 Å². The summed E-state index contributed by atoms with van der Waals surface area (Å²) in [4.78, 5) is 10.7. The second-order valence-electron chi connectivity index (χ2n) is 3.38. The highest BCUT2D eigenvalue weighted by Gasteiger charge is 2.22. The molecule has 14 heavy (non-hydrogen) atoms. The molecule has 0 spiro atoms. The average molecular weight is 201 g/mol. The molecule has 0 aliphatic rings. The summed E-state index contributed by atoms with van der Waals surface area (Å²) in [5.41, 5.74) is 0.792. The Balaban J connectivity index is 4.23. The topological polar surface area (TPSA) is 69.6 Å². The Morgan fingerprint density at radius 1 is 1.57 bits per heavy atom. The van der Waals surface area contributed by atoms with E-state index in [1.807, 2.05) is 13.0 Å². The molecule has 4 nitrogen and oxygen atoms in total. The number of carboxylic acids is 1. The molecule has 2 atom stereocenters. The van der Waals surface area contributed by atoms with Gasteiger partial charge in [-0.05, 0) is 20.3 Å². The third kappa shape index (κ3) is 4.87. The second kappa shape index (κ2) is 6.43. The first kappa shape index (κ1) is 13.0. The van der Waals surface area contributed by atoms with Crippen LogP contribution in [0.1, 0.15) is 33.6 Å². The van der Waals surface area contributed by atoms with Crippen LogP contribution < -0.4 is 5.32 Å². The molecule has 0 aromatic rings. The number of aliphatic hydroxyl groups is 1. The average Bonchev–Trinajstić information content (AvgIpc) is 2.09. The van der Waals surface area contributed by atoms with E-state index in [0.29, 0.717) is 0 Å². The fourth-order valence-electron chi connectivity index (χ4n) is 1.05. The fourth-order valence-corrected chi connectivity index (χ4v) is 1.05. The quantitative estimate of drug-likeness (QED) is 0.602. The molecule has 2 unspecified atom stereocenters. The lowest BCUT2D eigenvalue weighted by atomic mass is 10.1. The van der Waals surface area contributed by atoms with Gasteiger partial charge in [0.25, 0.3) is 0 Å². The normalized spacial score (nSPS) is 16.1. The maximum atomic E-state index is 10.7. The van der Waals surface area contributed by atoms with Gasteiger partial charge in [-0.15, -0.1) is 0 Å². The minimum absolute atomic E-state index is 0.792. The van der Waals surface area contributed by atoms with Crippen LogP contribution in [-0.2, 0) is 4.79 Å². The number of hydrogen-bond acceptors (Lipinski definition) is 3. The van der Waals surface area contributed by atoms with E-state index in [9.17, 15) is 9.90 Å². The number of nitrogens with one attached hydrogen (secondary N) is 1. The lowest BCUT2D eigenvalue weighted by molar-refractivity contribution is -0.141. The zero-order valence-electron chi connectivity index (χ0n) is 8.95. The van der Waals surface area contributed by atoms with E-state index in [1.54, 1.807) is 6.92 Å². The third-order valence-corrected chi connectivity index (χ3v) is 1.87. The lowest BCUT2D eigenvalue weighted by Gasteiger charge is -2.18. The van der Waals surface area contributed by atoms with Crippen LogP contribution >= 0.6 is 0 Å². The highest BCUT2D eigenvalue weighted by Crippen LogP contribution is 2.00. The molecule has 82 valence electrons. The van der Waals surface area contributed by atoms with E-state index in [0.717, 1.165) is 18.5 Å². The molecule has 0 aliphatic heterocycles. The SMILES string of the molecule is CCC/C=C(\C)NC(C(=O)O)C(C)O. The predicted octanol–water partition coefficient (Wildman–Crippen LogP) is 1.11. The van der Waals surface area contributed by atoms with E-state index in [1.165, 1.54) is 6.92 Å². The molecule has 0 aliphatic carbocycles. The molecular weight excluding hydrogens is 182 g/mol. The van der Waals surface area contributed by atoms with Crippen LogP contribution in [0.15, 0.2) is 11.8 Å². The van der Waals surface area contributed by atoms with Crippen molar-refractivity contribution in [3.05, 3.63) is 11.8 Å². The van der Waals surface area contributed by atoms with E-state index in [4.69, 9.17) is 5.11 Å². The van der Waals surface area contributed by atoms with Crippen molar-refractivity contribution in [2.75, 3.05) is 0 Å². The van der Waals surface area contributed by atoms with Gasteiger partial charge in [-0.3, -0.25) is 0 Å². The third-order valence-electron chi connectivity index (χ3n) is 1.87. The fraction of sp³-hybridized carbons (Fsp3) is 0.700. The van der Waals surface area contributed by atoms with Gasteiger partial charge in [-0.25, -0.2) is 4.79 Å². The molecule has 0 heterocycles. The van der Waals surface area contributed by atoms with Crippen molar-refractivity contribution in [2.45, 2.75) is 45.8 Å². The molecule has 0 amide bonds. The minimum atomic E-state index is -1.04. The predicted molar refractivity (Wildman–Crippen MR) is 54.9 cm³/mol. The molecule has 0 aromatic carbocycles. The number of rotatable bonds is 6. The van der Waals surface area contributed by atoms with Gasteiger partial charge in [-0.1, -0.05) is 19.4 Å². The van der Waals surface area contributed by atoms with Gasteiger partial charge in [0.1, 0.15) is 0 Å². The van der Waals surface area contributed by atoms with E-state index in [-0.39, 0.29) is 0 Å². The molecule has 0 bridgehead atoms. The molecule has 0 radical (unpaired) electrons. The maximum absolute atomic E-state index is 10.7. The first-order valence-electron chi connectivity index (χ1n) is 4.83. The van der Waals surface area contributed by atoms with Crippen LogP contribution in [0.25, 0.3) is 0 Å². The first-order valence-corrected chi connectivity index (χ1v) is 4.83. The first-order chi connectivity index (χ1) is 6.49. The van der Waals surface area contributed by atoms with Gasteiger partial charge in [0.2, 0.25) is 0 Å².